The number of nitrogens with zero attached hydrogens (tertiary/aromatic N) is 4. The molecule has 0 saturated carbocycles. The van der Waals surface area contributed by atoms with Gasteiger partial charge < -0.3 is 9.47 Å². The van der Waals surface area contributed by atoms with E-state index in [1.165, 1.54) is 17.2 Å². The van der Waals surface area contributed by atoms with Gasteiger partial charge in [0.15, 0.2) is 6.29 Å². The summed E-state index contributed by atoms with van der Waals surface area (Å²) in [6, 6.07) is 6.52. The van der Waals surface area contributed by atoms with Gasteiger partial charge in [-0.1, -0.05) is 6.07 Å². The van der Waals surface area contributed by atoms with Crippen LogP contribution in [0.4, 0.5) is 16.4 Å². The lowest BCUT2D eigenvalue weighted by atomic mass is 10.1. The smallest absolute Gasteiger partial charge is 0.328 e. The number of methoxy groups -OCH3 is 1. The van der Waals surface area contributed by atoms with Gasteiger partial charge in [-0.3, -0.25) is 15.0 Å². The van der Waals surface area contributed by atoms with Crippen molar-refractivity contribution in [2.45, 2.75) is 12.8 Å². The van der Waals surface area contributed by atoms with Gasteiger partial charge in [0.05, 0.1) is 12.8 Å². The van der Waals surface area contributed by atoms with E-state index in [-0.39, 0.29) is 23.7 Å². The number of carbonyl (C=O) groups excluding carboxylic acids is 2. The normalized spacial score (nSPS) is 12.6. The van der Waals surface area contributed by atoms with Crippen molar-refractivity contribution in [3.63, 3.8) is 0 Å². The molecule has 144 valence electrons. The van der Waals surface area contributed by atoms with Gasteiger partial charge in [0.25, 0.3) is 0 Å². The summed E-state index contributed by atoms with van der Waals surface area (Å²) < 4.78 is 10.5. The van der Waals surface area contributed by atoms with E-state index in [2.05, 4.69) is 15.3 Å². The minimum absolute atomic E-state index is 0.245. The summed E-state index contributed by atoms with van der Waals surface area (Å²) in [7, 11) is 1.55. The number of aldehydes is 1. The van der Waals surface area contributed by atoms with Gasteiger partial charge in [-0.05, 0) is 24.5 Å². The van der Waals surface area contributed by atoms with Gasteiger partial charge in [-0.15, -0.1) is 0 Å². The number of pyridine rings is 2. The Balaban J connectivity index is 1.79. The number of hydrogen-bond donors (Lipinski definition) is 1. The van der Waals surface area contributed by atoms with Crippen molar-refractivity contribution in [3.8, 4) is 11.8 Å². The third-order valence-corrected chi connectivity index (χ3v) is 4.19. The van der Waals surface area contributed by atoms with Crippen molar-refractivity contribution in [1.82, 2.24) is 9.97 Å². The zero-order valence-corrected chi connectivity index (χ0v) is 15.3. The molecule has 3 heterocycles. The van der Waals surface area contributed by atoms with Crippen LogP contribution >= 0.6 is 0 Å². The fourth-order valence-electron chi connectivity index (χ4n) is 2.84. The largest absolute Gasteiger partial charge is 0.490 e. The van der Waals surface area contributed by atoms with Crippen molar-refractivity contribution in [2.24, 2.45) is 0 Å². The molecule has 2 aromatic heterocycles. The maximum absolute atomic E-state index is 12.8. The molecule has 0 aliphatic carbocycles. The van der Waals surface area contributed by atoms with Gasteiger partial charge in [-0.25, -0.2) is 14.8 Å². The summed E-state index contributed by atoms with van der Waals surface area (Å²) in [5.74, 6) is 1.03. The Morgan fingerprint density at radius 2 is 2.29 bits per heavy atom. The van der Waals surface area contributed by atoms with Crippen LogP contribution in [-0.4, -0.2) is 49.2 Å². The van der Waals surface area contributed by atoms with Crippen molar-refractivity contribution < 1.29 is 19.1 Å². The minimum atomic E-state index is -0.420. The number of fused-ring (bicyclic) bond motifs is 1. The van der Waals surface area contributed by atoms with Crippen LogP contribution in [-0.2, 0) is 11.2 Å². The van der Waals surface area contributed by atoms with Crippen LogP contribution in [0.25, 0.3) is 0 Å². The molecule has 3 rings (SSSR count). The number of ether oxygens (including phenoxy) is 2. The Morgan fingerprint density at radius 3 is 3.04 bits per heavy atom. The molecule has 1 aliphatic rings. The van der Waals surface area contributed by atoms with E-state index in [9.17, 15) is 14.9 Å². The number of nitrogens with one attached hydrogen (secondary N) is 1. The maximum atomic E-state index is 12.8. The summed E-state index contributed by atoms with van der Waals surface area (Å²) in [6.45, 7) is 1.10. The molecule has 0 aromatic carbocycles. The second-order valence-corrected chi connectivity index (χ2v) is 6.04. The van der Waals surface area contributed by atoms with Crippen molar-refractivity contribution in [2.75, 3.05) is 37.1 Å². The van der Waals surface area contributed by atoms with Crippen LogP contribution in [0.1, 0.15) is 28.0 Å². The number of nitriles is 1. The van der Waals surface area contributed by atoms with Crippen LogP contribution in [0, 0.1) is 11.3 Å². The van der Waals surface area contributed by atoms with Crippen LogP contribution < -0.4 is 15.0 Å². The molecule has 1 N–H and O–H groups in total. The van der Waals surface area contributed by atoms with E-state index in [0.717, 1.165) is 18.4 Å². The van der Waals surface area contributed by atoms with Gasteiger partial charge in [0, 0.05) is 19.7 Å². The van der Waals surface area contributed by atoms with Gasteiger partial charge in [-0.2, -0.15) is 5.26 Å². The lowest BCUT2D eigenvalue weighted by Gasteiger charge is -2.28. The number of rotatable bonds is 6. The van der Waals surface area contributed by atoms with Gasteiger partial charge in [0.2, 0.25) is 0 Å². The minimum Gasteiger partial charge on any atom is -0.490 e. The second kappa shape index (κ2) is 8.92. The highest BCUT2D eigenvalue weighted by Gasteiger charge is 2.25. The molecule has 0 bridgehead atoms. The first kappa shape index (κ1) is 19.3. The Kier molecular flexibility index (Phi) is 6.14. The standard InChI is InChI=1S/C19H19N5O4/c1-27-7-8-28-16-9-17(21-11-14(16)10-20)23-19(26)24-6-2-3-13-4-5-15(12-25)22-18(13)24/h4-5,9,11-12H,2-3,6-8H2,1H3,(H,21,23,26). The third-order valence-electron chi connectivity index (χ3n) is 4.19. The highest BCUT2D eigenvalue weighted by molar-refractivity contribution is 6.01. The zero-order chi connectivity index (χ0) is 19.9. The van der Waals surface area contributed by atoms with Gasteiger partial charge in [0.1, 0.15) is 41.3 Å². The first-order valence-electron chi connectivity index (χ1n) is 8.71. The zero-order valence-electron chi connectivity index (χ0n) is 15.3. The number of aromatic nitrogens is 2. The molecule has 0 saturated heterocycles. The molecule has 2 aromatic rings. The van der Waals surface area contributed by atoms with Crippen LogP contribution in [0.5, 0.6) is 5.75 Å². The van der Waals surface area contributed by atoms with E-state index < -0.39 is 6.03 Å². The van der Waals surface area contributed by atoms with Crippen molar-refractivity contribution in [1.29, 1.82) is 5.26 Å². The summed E-state index contributed by atoms with van der Waals surface area (Å²) in [6.07, 6.45) is 3.56. The fraction of sp³-hybridized carbons (Fsp3) is 0.316. The SMILES string of the molecule is COCCOc1cc(NC(=O)N2CCCc3ccc(C=O)nc32)ncc1C#N. The average molecular weight is 381 g/mol. The summed E-state index contributed by atoms with van der Waals surface area (Å²) in [5.41, 5.74) is 1.43. The lowest BCUT2D eigenvalue weighted by molar-refractivity contribution is 0.111. The molecule has 1 aliphatic heterocycles. The van der Waals surface area contributed by atoms with Gasteiger partial charge >= 0.3 is 6.03 Å². The quantitative estimate of drug-likeness (QED) is 0.602. The Hall–Kier alpha value is -3.51. The molecule has 28 heavy (non-hydrogen) atoms. The molecule has 0 spiro atoms. The van der Waals surface area contributed by atoms with E-state index in [1.54, 1.807) is 13.2 Å². The Bertz CT molecular complexity index is 925. The molecular weight excluding hydrogens is 362 g/mol. The molecule has 9 nitrogen and oxygen atoms in total. The summed E-state index contributed by atoms with van der Waals surface area (Å²) >= 11 is 0. The highest BCUT2D eigenvalue weighted by Crippen LogP contribution is 2.26. The van der Waals surface area contributed by atoms with Crippen LogP contribution in [0.3, 0.4) is 0 Å². The maximum Gasteiger partial charge on any atom is 0.328 e. The average Bonchev–Trinajstić information content (AvgIpc) is 2.73. The first-order chi connectivity index (χ1) is 13.7. The Labute approximate surface area is 161 Å². The second-order valence-electron chi connectivity index (χ2n) is 6.04. The number of urea groups is 1. The monoisotopic (exact) mass is 381 g/mol. The molecule has 0 fully saturated rings. The highest BCUT2D eigenvalue weighted by atomic mass is 16.5. The Morgan fingerprint density at radius 1 is 1.43 bits per heavy atom. The predicted octanol–water partition coefficient (Wildman–Crippen LogP) is 2.17. The van der Waals surface area contributed by atoms with Crippen LogP contribution in [0.15, 0.2) is 24.4 Å². The molecule has 0 atom stereocenters. The number of anilines is 2. The molecular formula is C19H19N5O4. The van der Waals surface area contributed by atoms with Crippen molar-refractivity contribution in [3.05, 3.63) is 41.2 Å². The summed E-state index contributed by atoms with van der Waals surface area (Å²) in [4.78, 5) is 33.6. The molecule has 0 radical (unpaired) electrons. The first-order valence-corrected chi connectivity index (χ1v) is 8.71. The molecule has 9 heteroatoms. The van der Waals surface area contributed by atoms with Crippen LogP contribution in [0.2, 0.25) is 0 Å². The van der Waals surface area contributed by atoms with E-state index in [4.69, 9.17) is 9.47 Å². The fourth-order valence-corrected chi connectivity index (χ4v) is 2.84. The number of aryl methyl sites for hydroxylation is 1. The lowest BCUT2D eigenvalue weighted by Crippen LogP contribution is -2.39. The van der Waals surface area contributed by atoms with E-state index in [1.807, 2.05) is 12.1 Å². The number of hydrogen-bond acceptors (Lipinski definition) is 7. The molecule has 2 amide bonds. The predicted molar refractivity (Wildman–Crippen MR) is 101 cm³/mol. The number of amides is 2. The topological polar surface area (TPSA) is 117 Å². The summed E-state index contributed by atoms with van der Waals surface area (Å²) in [5, 5.41) is 11.9. The number of carbonyl (C=O) groups is 2. The van der Waals surface area contributed by atoms with Crippen molar-refractivity contribution >= 4 is 24.0 Å². The van der Waals surface area contributed by atoms with E-state index in [0.29, 0.717) is 31.0 Å². The molecule has 0 unspecified atom stereocenters. The van der Waals surface area contributed by atoms with E-state index >= 15 is 0 Å². The third kappa shape index (κ3) is 4.24.